The molecule has 1 unspecified atom stereocenters. The number of carbonyl (C=O) groups is 4. The van der Waals surface area contributed by atoms with Gasteiger partial charge in [-0.05, 0) is 100 Å². The number of pyridine rings is 1. The van der Waals surface area contributed by atoms with Crippen LogP contribution in [0.3, 0.4) is 0 Å². The smallest absolute Gasteiger partial charge is 0.306 e. The van der Waals surface area contributed by atoms with E-state index in [0.717, 1.165) is 31.1 Å². The Bertz CT molecular complexity index is 2090. The number of amides is 2. The molecule has 0 bridgehead atoms. The Morgan fingerprint density at radius 3 is 2.46 bits per heavy atom. The highest BCUT2D eigenvalue weighted by molar-refractivity contribution is 7.91. The predicted octanol–water partition coefficient (Wildman–Crippen LogP) is 5.93. The maximum Gasteiger partial charge on any atom is 0.306 e. The van der Waals surface area contributed by atoms with Gasteiger partial charge in [-0.1, -0.05) is 44.2 Å². The van der Waals surface area contributed by atoms with Crippen molar-refractivity contribution in [1.82, 2.24) is 14.6 Å². The van der Waals surface area contributed by atoms with Crippen LogP contribution in [0.15, 0.2) is 42.6 Å². The number of benzene rings is 1. The lowest BCUT2D eigenvalue weighted by Gasteiger charge is -2.32. The Labute approximate surface area is 347 Å². The summed E-state index contributed by atoms with van der Waals surface area (Å²) in [6, 6.07) is 6.58. The van der Waals surface area contributed by atoms with Crippen LogP contribution in [0.4, 0.5) is 0 Å². The molecule has 2 amide bonds. The molecule has 2 aromatic rings. The zero-order chi connectivity index (χ0) is 41.7. The van der Waals surface area contributed by atoms with Crippen molar-refractivity contribution in [2.75, 3.05) is 26.9 Å². The Morgan fingerprint density at radius 1 is 0.983 bits per heavy atom. The van der Waals surface area contributed by atoms with Gasteiger partial charge < -0.3 is 23.8 Å². The molecule has 0 spiro atoms. The first-order valence-corrected chi connectivity index (χ1v) is 23.1. The van der Waals surface area contributed by atoms with E-state index in [0.29, 0.717) is 67.7 Å². The van der Waals surface area contributed by atoms with Crippen LogP contribution in [0.25, 0.3) is 10.8 Å². The fraction of sp³-hybridized carbons (Fsp3) is 0.667. The number of Topliss-reactive ketones (excluding diaryl/α,β-unsaturated/α-hetero) is 1. The molecule has 2 aliphatic heterocycles. The molecule has 1 saturated heterocycles. The van der Waals surface area contributed by atoms with Crippen LogP contribution in [0.1, 0.15) is 97.8 Å². The third-order valence-corrected chi connectivity index (χ3v) is 16.4. The molecule has 4 saturated carbocycles. The topological polar surface area (TPSA) is 167 Å². The first kappa shape index (κ1) is 41.7. The van der Waals surface area contributed by atoms with Crippen molar-refractivity contribution in [3.8, 4) is 11.6 Å². The number of ether oxygens (including phenoxy) is 4. The molecule has 10 atom stereocenters. The molecule has 4 aliphatic carbocycles. The maximum absolute atomic E-state index is 15.0. The van der Waals surface area contributed by atoms with E-state index in [1.807, 2.05) is 43.3 Å². The van der Waals surface area contributed by atoms with Crippen molar-refractivity contribution >= 4 is 44.4 Å². The first-order chi connectivity index (χ1) is 28.2. The highest BCUT2D eigenvalue weighted by Gasteiger charge is 2.63. The molecular formula is C45H59N3O10S. The van der Waals surface area contributed by atoms with Crippen LogP contribution in [0.5, 0.6) is 11.6 Å². The standard InChI is InChI=1S/C45H59N3O10S/c1-27-9-5-6-10-31-23-45(31,43(52)47-59(53,54)44(3)13-14-44)24-38(49)37-21-33(58-41-35-12-8-7-11-34(35)39(25-46-41)56-16-15-55-4)26-48(37)42(51)36(28(2)17-27)22-40(50)57-32-19-29-18-30(29)20-32/h6-8,10-12,25,27-33,36-37H,5,9,13-24,26H2,1-4H3,(H,47,52)/b10-6-/t27-,28-,29-,30+,31-,32?,33-,36+,37+,45-/m1/s1. The van der Waals surface area contributed by atoms with Gasteiger partial charge in [-0.25, -0.2) is 13.4 Å². The van der Waals surface area contributed by atoms with E-state index < -0.39 is 50.1 Å². The van der Waals surface area contributed by atoms with E-state index in [4.69, 9.17) is 18.9 Å². The lowest BCUT2D eigenvalue weighted by atomic mass is 9.82. The minimum atomic E-state index is -3.95. The molecule has 1 aromatic heterocycles. The monoisotopic (exact) mass is 833 g/mol. The zero-order valence-electron chi connectivity index (χ0n) is 34.7. The maximum atomic E-state index is 15.0. The van der Waals surface area contributed by atoms with E-state index in [9.17, 15) is 22.8 Å². The lowest BCUT2D eigenvalue weighted by molar-refractivity contribution is -0.155. The van der Waals surface area contributed by atoms with Crippen molar-refractivity contribution in [3.63, 3.8) is 0 Å². The quantitative estimate of drug-likeness (QED) is 0.153. The van der Waals surface area contributed by atoms with Gasteiger partial charge >= 0.3 is 5.97 Å². The van der Waals surface area contributed by atoms with Crippen LogP contribution in [0, 0.1) is 40.9 Å². The van der Waals surface area contributed by atoms with Gasteiger partial charge in [0.05, 0.1) is 47.9 Å². The first-order valence-electron chi connectivity index (χ1n) is 21.6. The zero-order valence-corrected chi connectivity index (χ0v) is 35.5. The molecule has 6 aliphatic rings. The summed E-state index contributed by atoms with van der Waals surface area (Å²) in [6.07, 6.45) is 11.1. The summed E-state index contributed by atoms with van der Waals surface area (Å²) < 4.78 is 51.6. The predicted molar refractivity (Wildman–Crippen MR) is 219 cm³/mol. The largest absolute Gasteiger partial charge is 0.489 e. The number of hydrogen-bond acceptors (Lipinski definition) is 11. The number of methoxy groups -OCH3 is 1. The minimum Gasteiger partial charge on any atom is -0.489 e. The minimum absolute atomic E-state index is 0.0619. The summed E-state index contributed by atoms with van der Waals surface area (Å²) in [5.41, 5.74) is -1.26. The van der Waals surface area contributed by atoms with Crippen LogP contribution in [-0.2, 0) is 38.7 Å². The average molecular weight is 834 g/mol. The van der Waals surface area contributed by atoms with E-state index in [-0.39, 0.29) is 61.4 Å². The molecule has 59 heavy (non-hydrogen) atoms. The second-order valence-corrected chi connectivity index (χ2v) is 21.0. The van der Waals surface area contributed by atoms with Crippen molar-refractivity contribution < 1.29 is 46.5 Å². The summed E-state index contributed by atoms with van der Waals surface area (Å²) in [4.78, 5) is 63.7. The van der Waals surface area contributed by atoms with Crippen LogP contribution < -0.4 is 14.2 Å². The second kappa shape index (κ2) is 16.4. The summed E-state index contributed by atoms with van der Waals surface area (Å²) in [5, 5.41) is 1.48. The number of sulfonamides is 1. The van der Waals surface area contributed by atoms with E-state index in [1.165, 1.54) is 6.42 Å². The molecule has 8 rings (SSSR count). The molecule has 5 fully saturated rings. The van der Waals surface area contributed by atoms with Crippen molar-refractivity contribution in [1.29, 1.82) is 0 Å². The van der Waals surface area contributed by atoms with Gasteiger partial charge in [0.1, 0.15) is 24.6 Å². The number of rotatable bonds is 12. The Balaban J connectivity index is 1.09. The number of aromatic nitrogens is 1. The SMILES string of the molecule is COCCOc1cnc(O[C@@H]2C[C@H]3C(=O)C[C@]4(C(=O)NS(=O)(=O)C5(C)CC5)C[C@H]4/C=C\CC[C@@H](C)C[C@@H](C)[C@H](CC(=O)OC4C[C@@H]5C[C@@H]5C4)C(=O)N3C2)c2ccccc12. The molecule has 3 heterocycles. The van der Waals surface area contributed by atoms with E-state index in [1.54, 1.807) is 25.1 Å². The number of fused-ring (bicyclic) bond motifs is 4. The molecule has 14 heteroatoms. The summed E-state index contributed by atoms with van der Waals surface area (Å²) >= 11 is 0. The number of esters is 1. The molecular weight excluding hydrogens is 775 g/mol. The molecule has 1 aromatic carbocycles. The normalized spacial score (nSPS) is 34.4. The summed E-state index contributed by atoms with van der Waals surface area (Å²) in [5.74, 6) is -0.599. The number of carbonyl (C=O) groups excluding carboxylic acids is 4. The fourth-order valence-corrected chi connectivity index (χ4v) is 11.3. The number of hydrogen-bond donors (Lipinski definition) is 1. The average Bonchev–Trinajstić information content (AvgIpc) is 4.16. The number of allylic oxidation sites excluding steroid dienone is 2. The highest BCUT2D eigenvalue weighted by atomic mass is 32.2. The molecule has 0 radical (unpaired) electrons. The van der Waals surface area contributed by atoms with Crippen LogP contribution in [-0.4, -0.2) is 91.7 Å². The third-order valence-electron chi connectivity index (χ3n) is 14.2. The molecule has 13 nitrogen and oxygen atoms in total. The van der Waals surface area contributed by atoms with Crippen molar-refractivity contribution in [3.05, 3.63) is 42.6 Å². The number of nitrogens with one attached hydrogen (secondary N) is 1. The number of ketones is 1. The third kappa shape index (κ3) is 8.76. The van der Waals surface area contributed by atoms with Crippen molar-refractivity contribution in [2.24, 2.45) is 40.9 Å². The lowest BCUT2D eigenvalue weighted by Crippen LogP contribution is -2.48. The van der Waals surface area contributed by atoms with Gasteiger partial charge in [0, 0.05) is 30.7 Å². The Kier molecular flexibility index (Phi) is 11.6. The van der Waals surface area contributed by atoms with Gasteiger partial charge in [-0.2, -0.15) is 0 Å². The molecule has 320 valence electrons. The highest BCUT2D eigenvalue weighted by Crippen LogP contribution is 2.58. The van der Waals surface area contributed by atoms with Gasteiger partial charge in [0.2, 0.25) is 27.7 Å². The Hall–Kier alpha value is -4.04. The van der Waals surface area contributed by atoms with Crippen molar-refractivity contribution in [2.45, 2.75) is 121 Å². The fourth-order valence-electron chi connectivity index (χ4n) is 10.00. The number of nitrogens with zero attached hydrogens (tertiary/aromatic N) is 2. The second-order valence-electron chi connectivity index (χ2n) is 18.8. The van der Waals surface area contributed by atoms with E-state index in [2.05, 4.69) is 16.6 Å². The van der Waals surface area contributed by atoms with E-state index >= 15 is 4.79 Å². The van der Waals surface area contributed by atoms with Gasteiger partial charge in [0.15, 0.2) is 5.78 Å². The van der Waals surface area contributed by atoms with Gasteiger partial charge in [0.25, 0.3) is 0 Å². The summed E-state index contributed by atoms with van der Waals surface area (Å²) in [6.45, 7) is 6.57. The summed E-state index contributed by atoms with van der Waals surface area (Å²) in [7, 11) is -2.35. The van der Waals surface area contributed by atoms with Crippen LogP contribution >= 0.6 is 0 Å². The van der Waals surface area contributed by atoms with Crippen LogP contribution in [0.2, 0.25) is 0 Å². The Morgan fingerprint density at radius 2 is 1.73 bits per heavy atom. The van der Waals surface area contributed by atoms with Gasteiger partial charge in [-0.3, -0.25) is 23.9 Å². The molecule has 1 N–H and O–H groups in total. The van der Waals surface area contributed by atoms with Gasteiger partial charge in [-0.15, -0.1) is 0 Å².